The Morgan fingerprint density at radius 1 is 1.12 bits per heavy atom. The Labute approximate surface area is 97.0 Å². The van der Waals surface area contributed by atoms with Crippen LogP contribution in [-0.4, -0.2) is 15.0 Å². The number of hydrogen-bond acceptors (Lipinski definition) is 3. The molecule has 0 saturated heterocycles. The highest BCUT2D eigenvalue weighted by Gasteiger charge is 2.01. The van der Waals surface area contributed by atoms with Crippen molar-refractivity contribution in [3.05, 3.63) is 59.3 Å². The van der Waals surface area contributed by atoms with Crippen LogP contribution in [0.4, 0.5) is 0 Å². The summed E-state index contributed by atoms with van der Waals surface area (Å²) < 4.78 is 0. The SMILES string of the molecule is O=c1cncc(-c2ccc3cccnc3c2)[nH]1. The summed E-state index contributed by atoms with van der Waals surface area (Å²) in [6.07, 6.45) is 4.63. The molecule has 1 aromatic carbocycles. The highest BCUT2D eigenvalue weighted by atomic mass is 16.1. The minimum absolute atomic E-state index is 0.205. The van der Waals surface area contributed by atoms with Crippen LogP contribution >= 0.6 is 0 Å². The molecule has 0 fully saturated rings. The standard InChI is InChI=1S/C13H9N3O/c17-13-8-14-7-12(16-13)10-4-3-9-2-1-5-15-11(9)6-10/h1-8H,(H,16,17). The Morgan fingerprint density at radius 3 is 2.94 bits per heavy atom. The fourth-order valence-corrected chi connectivity index (χ4v) is 1.76. The molecule has 4 heteroatoms. The zero-order valence-corrected chi connectivity index (χ0v) is 8.92. The van der Waals surface area contributed by atoms with E-state index in [9.17, 15) is 4.79 Å². The molecule has 3 rings (SSSR count). The number of aromatic nitrogens is 3. The molecule has 0 unspecified atom stereocenters. The van der Waals surface area contributed by atoms with Gasteiger partial charge in [0.05, 0.1) is 23.6 Å². The van der Waals surface area contributed by atoms with Crippen LogP contribution in [0, 0.1) is 0 Å². The number of benzene rings is 1. The van der Waals surface area contributed by atoms with Crippen molar-refractivity contribution in [1.29, 1.82) is 0 Å². The molecule has 0 spiro atoms. The average molecular weight is 223 g/mol. The number of rotatable bonds is 1. The lowest BCUT2D eigenvalue weighted by Crippen LogP contribution is -2.05. The zero-order valence-electron chi connectivity index (χ0n) is 8.92. The van der Waals surface area contributed by atoms with Crippen molar-refractivity contribution in [3.63, 3.8) is 0 Å². The van der Waals surface area contributed by atoms with Crippen molar-refractivity contribution in [2.45, 2.75) is 0 Å². The van der Waals surface area contributed by atoms with Crippen LogP contribution < -0.4 is 5.56 Å². The lowest BCUT2D eigenvalue weighted by molar-refractivity contribution is 1.14. The van der Waals surface area contributed by atoms with Crippen LogP contribution in [0.15, 0.2) is 53.7 Å². The summed E-state index contributed by atoms with van der Waals surface area (Å²) in [5.41, 5.74) is 2.30. The predicted octanol–water partition coefficient (Wildman–Crippen LogP) is 1.99. The quantitative estimate of drug-likeness (QED) is 0.686. The van der Waals surface area contributed by atoms with Gasteiger partial charge in [0.1, 0.15) is 0 Å². The first-order valence-electron chi connectivity index (χ1n) is 5.22. The molecule has 1 N–H and O–H groups in total. The summed E-state index contributed by atoms with van der Waals surface area (Å²) >= 11 is 0. The van der Waals surface area contributed by atoms with E-state index >= 15 is 0 Å². The maximum Gasteiger partial charge on any atom is 0.266 e. The zero-order chi connectivity index (χ0) is 11.7. The van der Waals surface area contributed by atoms with Crippen LogP contribution in [-0.2, 0) is 0 Å². The first-order valence-corrected chi connectivity index (χ1v) is 5.22. The van der Waals surface area contributed by atoms with Crippen molar-refractivity contribution in [2.24, 2.45) is 0 Å². The van der Waals surface area contributed by atoms with Gasteiger partial charge in [-0.2, -0.15) is 0 Å². The summed E-state index contributed by atoms with van der Waals surface area (Å²) in [5, 5.41) is 1.07. The number of H-pyrrole nitrogens is 1. The molecule has 0 bridgehead atoms. The molecular weight excluding hydrogens is 214 g/mol. The van der Waals surface area contributed by atoms with Gasteiger partial charge < -0.3 is 4.98 Å². The molecule has 0 aliphatic carbocycles. The number of nitrogens with one attached hydrogen (secondary N) is 1. The van der Waals surface area contributed by atoms with Crippen LogP contribution in [0.2, 0.25) is 0 Å². The minimum Gasteiger partial charge on any atom is -0.319 e. The maximum atomic E-state index is 11.2. The molecule has 0 atom stereocenters. The molecule has 0 aliphatic rings. The van der Waals surface area contributed by atoms with E-state index in [-0.39, 0.29) is 5.56 Å². The smallest absolute Gasteiger partial charge is 0.266 e. The Hall–Kier alpha value is -2.49. The van der Waals surface area contributed by atoms with Crippen molar-refractivity contribution in [1.82, 2.24) is 15.0 Å². The Balaban J connectivity index is 2.21. The van der Waals surface area contributed by atoms with E-state index in [1.54, 1.807) is 12.4 Å². The molecule has 0 aliphatic heterocycles. The van der Waals surface area contributed by atoms with Crippen LogP contribution in [0.25, 0.3) is 22.2 Å². The molecule has 17 heavy (non-hydrogen) atoms. The normalized spacial score (nSPS) is 10.6. The maximum absolute atomic E-state index is 11.2. The highest BCUT2D eigenvalue weighted by molar-refractivity contribution is 5.83. The van der Waals surface area contributed by atoms with E-state index in [2.05, 4.69) is 15.0 Å². The fourth-order valence-electron chi connectivity index (χ4n) is 1.76. The van der Waals surface area contributed by atoms with Crippen LogP contribution in [0.5, 0.6) is 0 Å². The highest BCUT2D eigenvalue weighted by Crippen LogP contribution is 2.20. The molecule has 0 saturated carbocycles. The summed E-state index contributed by atoms with van der Waals surface area (Å²) in [7, 11) is 0. The van der Waals surface area contributed by atoms with Crippen molar-refractivity contribution < 1.29 is 0 Å². The molecule has 0 radical (unpaired) electrons. The summed E-state index contributed by atoms with van der Waals surface area (Å²) in [5.74, 6) is 0. The third-order valence-corrected chi connectivity index (χ3v) is 2.57. The average Bonchev–Trinajstić information content (AvgIpc) is 2.38. The number of pyridine rings is 1. The Kier molecular flexibility index (Phi) is 2.19. The largest absolute Gasteiger partial charge is 0.319 e. The number of nitrogens with zero attached hydrogens (tertiary/aromatic N) is 2. The molecule has 82 valence electrons. The van der Waals surface area contributed by atoms with Gasteiger partial charge in [-0.05, 0) is 12.1 Å². The van der Waals surface area contributed by atoms with E-state index in [1.807, 2.05) is 30.3 Å². The number of hydrogen-bond donors (Lipinski definition) is 1. The van der Waals surface area contributed by atoms with Crippen LogP contribution in [0.3, 0.4) is 0 Å². The molecule has 3 aromatic rings. The summed E-state index contributed by atoms with van der Waals surface area (Å²) in [6, 6.07) is 9.74. The predicted molar refractivity (Wildman–Crippen MR) is 65.6 cm³/mol. The van der Waals surface area contributed by atoms with Gasteiger partial charge in [0.15, 0.2) is 0 Å². The van der Waals surface area contributed by atoms with Gasteiger partial charge in [0.2, 0.25) is 0 Å². The lowest BCUT2D eigenvalue weighted by Gasteiger charge is -2.02. The molecule has 0 amide bonds. The second-order valence-electron chi connectivity index (χ2n) is 3.72. The third kappa shape index (κ3) is 1.80. The lowest BCUT2D eigenvalue weighted by atomic mass is 10.1. The van der Waals surface area contributed by atoms with E-state index in [0.29, 0.717) is 5.69 Å². The third-order valence-electron chi connectivity index (χ3n) is 2.57. The Morgan fingerprint density at radius 2 is 2.06 bits per heavy atom. The van der Waals surface area contributed by atoms with Crippen molar-refractivity contribution >= 4 is 10.9 Å². The van der Waals surface area contributed by atoms with Gasteiger partial charge in [-0.1, -0.05) is 18.2 Å². The Bertz CT molecular complexity index is 734. The first-order chi connectivity index (χ1) is 8.33. The topological polar surface area (TPSA) is 58.6 Å². The number of aromatic amines is 1. The van der Waals surface area contributed by atoms with E-state index in [4.69, 9.17) is 0 Å². The molecular formula is C13H9N3O. The van der Waals surface area contributed by atoms with Gasteiger partial charge in [-0.25, -0.2) is 0 Å². The molecule has 4 nitrogen and oxygen atoms in total. The number of fused-ring (bicyclic) bond motifs is 1. The van der Waals surface area contributed by atoms with Gasteiger partial charge in [0, 0.05) is 17.1 Å². The first kappa shape index (κ1) is 9.72. The van der Waals surface area contributed by atoms with E-state index in [1.165, 1.54) is 6.20 Å². The van der Waals surface area contributed by atoms with E-state index < -0.39 is 0 Å². The molecule has 2 aromatic heterocycles. The fraction of sp³-hybridized carbons (Fsp3) is 0. The molecule has 2 heterocycles. The summed E-state index contributed by atoms with van der Waals surface area (Å²) in [4.78, 5) is 22.1. The second kappa shape index (κ2) is 3.83. The van der Waals surface area contributed by atoms with Crippen molar-refractivity contribution in [2.75, 3.05) is 0 Å². The summed E-state index contributed by atoms with van der Waals surface area (Å²) in [6.45, 7) is 0. The van der Waals surface area contributed by atoms with Gasteiger partial charge in [-0.15, -0.1) is 0 Å². The monoisotopic (exact) mass is 223 g/mol. The van der Waals surface area contributed by atoms with E-state index in [0.717, 1.165) is 16.5 Å². The van der Waals surface area contributed by atoms with Crippen LogP contribution in [0.1, 0.15) is 0 Å². The van der Waals surface area contributed by atoms with Gasteiger partial charge >= 0.3 is 0 Å². The van der Waals surface area contributed by atoms with Gasteiger partial charge in [-0.3, -0.25) is 14.8 Å². The minimum atomic E-state index is -0.205. The van der Waals surface area contributed by atoms with Crippen molar-refractivity contribution in [3.8, 4) is 11.3 Å². The van der Waals surface area contributed by atoms with Gasteiger partial charge in [0.25, 0.3) is 5.56 Å². The second-order valence-corrected chi connectivity index (χ2v) is 3.72.